The van der Waals surface area contributed by atoms with Gasteiger partial charge in [0.1, 0.15) is 5.75 Å². The fourth-order valence-corrected chi connectivity index (χ4v) is 2.56. The summed E-state index contributed by atoms with van der Waals surface area (Å²) < 4.78 is 5.78. The van der Waals surface area contributed by atoms with Crippen LogP contribution in [0.3, 0.4) is 0 Å². The zero-order valence-electron chi connectivity index (χ0n) is 14.1. The largest absolute Gasteiger partial charge is 0.494 e. The highest BCUT2D eigenvalue weighted by Crippen LogP contribution is 2.27. The molecule has 0 heterocycles. The van der Waals surface area contributed by atoms with E-state index in [1.54, 1.807) is 5.48 Å². The topological polar surface area (TPSA) is 61.8 Å². The van der Waals surface area contributed by atoms with Gasteiger partial charge in [0, 0.05) is 6.54 Å². The van der Waals surface area contributed by atoms with E-state index >= 15 is 0 Å². The van der Waals surface area contributed by atoms with Crippen LogP contribution in [0.2, 0.25) is 0 Å². The average molecular weight is 328 g/mol. The van der Waals surface area contributed by atoms with Gasteiger partial charge >= 0.3 is 0 Å². The number of hydrogen-bond acceptors (Lipinski definition) is 4. The molecule has 1 amide bonds. The standard InChI is InChI=1S/C19H24N2O3/c1-21(2)12-7-13-24-17-11-6-10-16(14-17)18(19(22)20-23)15-8-4-3-5-9-15/h3-6,8-11,14,18,23H,7,12-13H2,1-2H3,(H,20,22). The predicted octanol–water partition coefficient (Wildman–Crippen LogP) is 2.65. The second-order valence-electron chi connectivity index (χ2n) is 5.90. The molecule has 5 nitrogen and oxygen atoms in total. The van der Waals surface area contributed by atoms with Gasteiger partial charge in [-0.1, -0.05) is 42.5 Å². The molecule has 0 spiro atoms. The van der Waals surface area contributed by atoms with Crippen LogP contribution in [0.15, 0.2) is 54.6 Å². The van der Waals surface area contributed by atoms with Crippen LogP contribution < -0.4 is 10.2 Å². The van der Waals surface area contributed by atoms with Crippen molar-refractivity contribution in [1.82, 2.24) is 10.4 Å². The molecule has 1 atom stereocenters. The van der Waals surface area contributed by atoms with Crippen molar-refractivity contribution < 1.29 is 14.7 Å². The van der Waals surface area contributed by atoms with E-state index in [9.17, 15) is 4.79 Å². The zero-order valence-corrected chi connectivity index (χ0v) is 14.1. The van der Waals surface area contributed by atoms with Gasteiger partial charge in [0.05, 0.1) is 12.5 Å². The van der Waals surface area contributed by atoms with Crippen LogP contribution in [0.5, 0.6) is 5.75 Å². The van der Waals surface area contributed by atoms with Gasteiger partial charge in [-0.3, -0.25) is 10.0 Å². The zero-order chi connectivity index (χ0) is 17.4. The lowest BCUT2D eigenvalue weighted by Crippen LogP contribution is -2.27. The van der Waals surface area contributed by atoms with E-state index in [-0.39, 0.29) is 0 Å². The molecule has 2 aromatic rings. The molecule has 2 aromatic carbocycles. The van der Waals surface area contributed by atoms with Crippen molar-refractivity contribution in [3.8, 4) is 5.75 Å². The Hall–Kier alpha value is -2.37. The lowest BCUT2D eigenvalue weighted by Gasteiger charge is -2.17. The van der Waals surface area contributed by atoms with E-state index in [0.717, 1.165) is 29.8 Å². The quantitative estimate of drug-likeness (QED) is 0.444. The summed E-state index contributed by atoms with van der Waals surface area (Å²) in [6.45, 7) is 1.57. The van der Waals surface area contributed by atoms with Gasteiger partial charge in [0.2, 0.25) is 0 Å². The Balaban J connectivity index is 2.15. The van der Waals surface area contributed by atoms with Crippen LogP contribution in [0, 0.1) is 0 Å². The summed E-state index contributed by atoms with van der Waals surface area (Å²) in [4.78, 5) is 14.3. The van der Waals surface area contributed by atoms with Gasteiger partial charge in [-0.25, -0.2) is 5.48 Å². The number of rotatable bonds is 8. The molecule has 1 unspecified atom stereocenters. The summed E-state index contributed by atoms with van der Waals surface area (Å²) in [5, 5.41) is 9.09. The number of hydroxylamine groups is 1. The number of carbonyl (C=O) groups is 1. The molecule has 0 bridgehead atoms. The molecule has 2 rings (SSSR count). The third-order valence-corrected chi connectivity index (χ3v) is 3.72. The maximum Gasteiger partial charge on any atom is 0.255 e. The Morgan fingerprint density at radius 1 is 1.12 bits per heavy atom. The molecular weight excluding hydrogens is 304 g/mol. The summed E-state index contributed by atoms with van der Waals surface area (Å²) >= 11 is 0. The second-order valence-corrected chi connectivity index (χ2v) is 5.90. The van der Waals surface area contributed by atoms with E-state index in [1.807, 2.05) is 68.7 Å². The van der Waals surface area contributed by atoms with Gasteiger partial charge in [-0.15, -0.1) is 0 Å². The summed E-state index contributed by atoms with van der Waals surface area (Å²) in [7, 11) is 4.05. The van der Waals surface area contributed by atoms with E-state index in [0.29, 0.717) is 6.61 Å². The van der Waals surface area contributed by atoms with Crippen molar-refractivity contribution in [2.75, 3.05) is 27.2 Å². The number of hydrogen-bond donors (Lipinski definition) is 2. The highest BCUT2D eigenvalue weighted by molar-refractivity contribution is 5.86. The highest BCUT2D eigenvalue weighted by Gasteiger charge is 2.22. The van der Waals surface area contributed by atoms with Gasteiger partial charge in [-0.2, -0.15) is 0 Å². The fraction of sp³-hybridized carbons (Fsp3) is 0.316. The lowest BCUT2D eigenvalue weighted by atomic mass is 9.90. The average Bonchev–Trinajstić information content (AvgIpc) is 2.60. The minimum absolute atomic E-state index is 0.467. The first kappa shape index (κ1) is 18.0. The van der Waals surface area contributed by atoms with E-state index in [1.165, 1.54) is 0 Å². The monoisotopic (exact) mass is 328 g/mol. The van der Waals surface area contributed by atoms with Gasteiger partial charge in [-0.05, 0) is 43.8 Å². The van der Waals surface area contributed by atoms with Crippen LogP contribution in [0.1, 0.15) is 23.5 Å². The smallest absolute Gasteiger partial charge is 0.255 e. The first-order valence-electron chi connectivity index (χ1n) is 7.98. The van der Waals surface area contributed by atoms with Crippen molar-refractivity contribution >= 4 is 5.91 Å². The van der Waals surface area contributed by atoms with Gasteiger partial charge in [0.15, 0.2) is 0 Å². The number of carbonyl (C=O) groups excluding carboxylic acids is 1. The molecule has 128 valence electrons. The lowest BCUT2D eigenvalue weighted by molar-refractivity contribution is -0.129. The van der Waals surface area contributed by atoms with Crippen LogP contribution in [0.25, 0.3) is 0 Å². The third-order valence-electron chi connectivity index (χ3n) is 3.72. The molecular formula is C19H24N2O3. The number of amides is 1. The Bertz CT molecular complexity index is 644. The Morgan fingerprint density at radius 3 is 2.50 bits per heavy atom. The van der Waals surface area contributed by atoms with Gasteiger partial charge < -0.3 is 9.64 Å². The Morgan fingerprint density at radius 2 is 1.83 bits per heavy atom. The first-order valence-corrected chi connectivity index (χ1v) is 7.98. The minimum atomic E-state index is -0.582. The number of ether oxygens (including phenoxy) is 1. The van der Waals surface area contributed by atoms with Crippen LogP contribution in [-0.4, -0.2) is 43.3 Å². The number of nitrogens with zero attached hydrogens (tertiary/aromatic N) is 1. The van der Waals surface area contributed by atoms with Crippen molar-refractivity contribution in [3.05, 3.63) is 65.7 Å². The molecule has 24 heavy (non-hydrogen) atoms. The molecule has 0 saturated heterocycles. The minimum Gasteiger partial charge on any atom is -0.494 e. The highest BCUT2D eigenvalue weighted by atomic mass is 16.5. The normalized spacial score (nSPS) is 12.0. The van der Waals surface area contributed by atoms with Crippen molar-refractivity contribution in [2.45, 2.75) is 12.3 Å². The van der Waals surface area contributed by atoms with Crippen LogP contribution in [0.4, 0.5) is 0 Å². The predicted molar refractivity (Wildman–Crippen MR) is 93.3 cm³/mol. The molecule has 2 N–H and O–H groups in total. The summed E-state index contributed by atoms with van der Waals surface area (Å²) in [5.74, 6) is -0.328. The fourth-order valence-electron chi connectivity index (χ4n) is 2.56. The first-order chi connectivity index (χ1) is 11.6. The van der Waals surface area contributed by atoms with Crippen molar-refractivity contribution in [2.24, 2.45) is 0 Å². The summed E-state index contributed by atoms with van der Waals surface area (Å²) in [5.41, 5.74) is 3.35. The van der Waals surface area contributed by atoms with Crippen molar-refractivity contribution in [3.63, 3.8) is 0 Å². The second kappa shape index (κ2) is 9.05. The molecule has 0 aliphatic heterocycles. The molecule has 5 heteroatoms. The summed E-state index contributed by atoms with van der Waals surface area (Å²) in [6, 6.07) is 16.8. The number of benzene rings is 2. The molecule has 0 radical (unpaired) electrons. The Kier molecular flexibility index (Phi) is 6.78. The molecule has 0 saturated carbocycles. The molecule has 0 aliphatic carbocycles. The van der Waals surface area contributed by atoms with E-state index in [4.69, 9.17) is 9.94 Å². The van der Waals surface area contributed by atoms with Crippen LogP contribution >= 0.6 is 0 Å². The molecule has 0 fully saturated rings. The van der Waals surface area contributed by atoms with E-state index < -0.39 is 11.8 Å². The van der Waals surface area contributed by atoms with Gasteiger partial charge in [0.25, 0.3) is 5.91 Å². The Labute approximate surface area is 142 Å². The van der Waals surface area contributed by atoms with Crippen molar-refractivity contribution in [1.29, 1.82) is 0 Å². The maximum atomic E-state index is 12.2. The van der Waals surface area contributed by atoms with Crippen LogP contribution in [-0.2, 0) is 4.79 Å². The SMILES string of the molecule is CN(C)CCCOc1cccc(C(C(=O)NO)c2ccccc2)c1. The third kappa shape index (κ3) is 5.08. The van der Waals surface area contributed by atoms with E-state index in [2.05, 4.69) is 4.90 Å². The summed E-state index contributed by atoms with van der Waals surface area (Å²) in [6.07, 6.45) is 0.927. The maximum absolute atomic E-state index is 12.2. The molecule has 0 aliphatic rings. The molecule has 0 aromatic heterocycles. The number of nitrogens with one attached hydrogen (secondary N) is 1.